The second-order valence-electron chi connectivity index (χ2n) is 4.95. The van der Waals surface area contributed by atoms with Gasteiger partial charge in [0.1, 0.15) is 6.61 Å². The maximum Gasteiger partial charge on any atom is 0.338 e. The lowest BCUT2D eigenvalue weighted by atomic mass is 10.1. The fraction of sp³-hybridized carbons (Fsp3) is 0.118. The minimum atomic E-state index is -0.472. The molecule has 0 radical (unpaired) electrons. The van der Waals surface area contributed by atoms with Crippen molar-refractivity contribution in [2.75, 3.05) is 13.2 Å². The van der Waals surface area contributed by atoms with Crippen molar-refractivity contribution in [3.63, 3.8) is 0 Å². The molecule has 0 saturated carbocycles. The van der Waals surface area contributed by atoms with E-state index in [0.29, 0.717) is 16.7 Å². The standard InChI is InChI=1S/C17H12INO4/c18-12-5-3-4-11(10-12)17(22)23-9-8-19-15(20)13-6-1-2-7-14(13)16(19)21/h1-7,10H,8-9H2. The van der Waals surface area contributed by atoms with Crippen LogP contribution in [0.3, 0.4) is 0 Å². The summed E-state index contributed by atoms with van der Waals surface area (Å²) in [7, 11) is 0. The van der Waals surface area contributed by atoms with E-state index in [4.69, 9.17) is 4.74 Å². The van der Waals surface area contributed by atoms with Gasteiger partial charge in [-0.05, 0) is 52.9 Å². The van der Waals surface area contributed by atoms with E-state index in [2.05, 4.69) is 22.6 Å². The first-order valence-electron chi connectivity index (χ1n) is 6.96. The Labute approximate surface area is 146 Å². The van der Waals surface area contributed by atoms with Crippen LogP contribution in [0.5, 0.6) is 0 Å². The Kier molecular flexibility index (Phi) is 4.42. The normalized spacial score (nSPS) is 13.2. The van der Waals surface area contributed by atoms with E-state index in [1.807, 2.05) is 6.07 Å². The number of amides is 2. The molecule has 23 heavy (non-hydrogen) atoms. The van der Waals surface area contributed by atoms with E-state index in [0.717, 1.165) is 8.47 Å². The SMILES string of the molecule is O=C(OCCN1C(=O)c2ccccc2C1=O)c1cccc(I)c1. The summed E-state index contributed by atoms with van der Waals surface area (Å²) in [6, 6.07) is 13.7. The smallest absolute Gasteiger partial charge is 0.338 e. The van der Waals surface area contributed by atoms with E-state index in [1.165, 1.54) is 0 Å². The molecule has 2 aromatic rings. The highest BCUT2D eigenvalue weighted by Gasteiger charge is 2.34. The Morgan fingerprint density at radius 1 is 1.00 bits per heavy atom. The van der Waals surface area contributed by atoms with E-state index >= 15 is 0 Å². The van der Waals surface area contributed by atoms with Crippen LogP contribution in [-0.4, -0.2) is 35.8 Å². The summed E-state index contributed by atoms with van der Waals surface area (Å²) in [6.07, 6.45) is 0. The summed E-state index contributed by atoms with van der Waals surface area (Å²) < 4.78 is 6.08. The predicted molar refractivity (Wildman–Crippen MR) is 91.3 cm³/mol. The molecule has 1 aliphatic rings. The Bertz CT molecular complexity index is 768. The lowest BCUT2D eigenvalue weighted by molar-refractivity contribution is 0.0420. The topological polar surface area (TPSA) is 63.7 Å². The van der Waals surface area contributed by atoms with Crippen molar-refractivity contribution < 1.29 is 19.1 Å². The molecule has 6 heteroatoms. The van der Waals surface area contributed by atoms with Gasteiger partial charge in [0.05, 0.1) is 23.2 Å². The van der Waals surface area contributed by atoms with Crippen molar-refractivity contribution in [3.8, 4) is 0 Å². The van der Waals surface area contributed by atoms with Crippen LogP contribution >= 0.6 is 22.6 Å². The highest BCUT2D eigenvalue weighted by atomic mass is 127. The Balaban J connectivity index is 1.61. The maximum atomic E-state index is 12.2. The van der Waals surface area contributed by atoms with Gasteiger partial charge in [0.15, 0.2) is 0 Å². The first kappa shape index (κ1) is 15.7. The zero-order valence-electron chi connectivity index (χ0n) is 12.0. The molecule has 0 atom stereocenters. The second-order valence-corrected chi connectivity index (χ2v) is 6.20. The fourth-order valence-electron chi connectivity index (χ4n) is 2.37. The quantitative estimate of drug-likeness (QED) is 0.433. The summed E-state index contributed by atoms with van der Waals surface area (Å²) in [4.78, 5) is 37.4. The van der Waals surface area contributed by atoms with Gasteiger partial charge in [-0.1, -0.05) is 18.2 Å². The van der Waals surface area contributed by atoms with Crippen molar-refractivity contribution in [2.24, 2.45) is 0 Å². The van der Waals surface area contributed by atoms with Gasteiger partial charge in [-0.15, -0.1) is 0 Å². The van der Waals surface area contributed by atoms with E-state index in [9.17, 15) is 14.4 Å². The maximum absolute atomic E-state index is 12.2. The highest BCUT2D eigenvalue weighted by Crippen LogP contribution is 2.22. The van der Waals surface area contributed by atoms with Crippen LogP contribution in [0.25, 0.3) is 0 Å². The third-order valence-electron chi connectivity index (χ3n) is 3.49. The van der Waals surface area contributed by atoms with Gasteiger partial charge in [-0.2, -0.15) is 0 Å². The van der Waals surface area contributed by atoms with Gasteiger partial charge in [0.25, 0.3) is 11.8 Å². The molecule has 0 N–H and O–H groups in total. The zero-order valence-corrected chi connectivity index (χ0v) is 14.1. The number of rotatable bonds is 4. The number of halogens is 1. The molecule has 5 nitrogen and oxygen atoms in total. The van der Waals surface area contributed by atoms with E-state index in [1.54, 1.807) is 42.5 Å². The average molecular weight is 421 g/mol. The Morgan fingerprint density at radius 2 is 1.65 bits per heavy atom. The largest absolute Gasteiger partial charge is 0.460 e. The number of carbonyl (C=O) groups excluding carboxylic acids is 3. The van der Waals surface area contributed by atoms with Gasteiger partial charge in [0.2, 0.25) is 0 Å². The summed E-state index contributed by atoms with van der Waals surface area (Å²) in [5.41, 5.74) is 1.22. The van der Waals surface area contributed by atoms with Gasteiger partial charge in [0, 0.05) is 3.57 Å². The molecular weight excluding hydrogens is 409 g/mol. The molecule has 0 aromatic heterocycles. The molecule has 0 bridgehead atoms. The Morgan fingerprint density at radius 3 is 2.26 bits per heavy atom. The van der Waals surface area contributed by atoms with Crippen LogP contribution < -0.4 is 0 Å². The number of carbonyl (C=O) groups is 3. The molecular formula is C17H12INO4. The third-order valence-corrected chi connectivity index (χ3v) is 4.16. The van der Waals surface area contributed by atoms with Crippen molar-refractivity contribution in [1.82, 2.24) is 4.90 Å². The highest BCUT2D eigenvalue weighted by molar-refractivity contribution is 14.1. The number of hydrogen-bond acceptors (Lipinski definition) is 4. The number of imide groups is 1. The van der Waals surface area contributed by atoms with Crippen molar-refractivity contribution >= 4 is 40.4 Å². The average Bonchev–Trinajstić information content (AvgIpc) is 2.80. The summed E-state index contributed by atoms with van der Waals surface area (Å²) >= 11 is 2.11. The van der Waals surface area contributed by atoms with Crippen LogP contribution in [0.15, 0.2) is 48.5 Å². The van der Waals surface area contributed by atoms with Gasteiger partial charge < -0.3 is 4.74 Å². The third kappa shape index (κ3) is 3.12. The van der Waals surface area contributed by atoms with Crippen LogP contribution in [0.1, 0.15) is 31.1 Å². The molecule has 0 spiro atoms. The molecule has 116 valence electrons. The van der Waals surface area contributed by atoms with Gasteiger partial charge in [-0.25, -0.2) is 4.79 Å². The van der Waals surface area contributed by atoms with Crippen molar-refractivity contribution in [2.45, 2.75) is 0 Å². The summed E-state index contributed by atoms with van der Waals surface area (Å²) in [5, 5.41) is 0. The lowest BCUT2D eigenvalue weighted by Gasteiger charge is -2.13. The fourth-order valence-corrected chi connectivity index (χ4v) is 2.91. The molecule has 0 fully saturated rings. The number of hydrogen-bond donors (Lipinski definition) is 0. The molecule has 1 heterocycles. The summed E-state index contributed by atoms with van der Waals surface area (Å²) in [5.74, 6) is -1.17. The first-order chi connectivity index (χ1) is 11.1. The van der Waals surface area contributed by atoms with E-state index < -0.39 is 5.97 Å². The number of nitrogens with zero attached hydrogens (tertiary/aromatic N) is 1. The molecule has 1 aliphatic heterocycles. The molecule has 2 amide bonds. The van der Waals surface area contributed by atoms with E-state index in [-0.39, 0.29) is 25.0 Å². The number of fused-ring (bicyclic) bond motifs is 1. The molecule has 0 saturated heterocycles. The Hall–Kier alpha value is -2.22. The molecule has 0 unspecified atom stereocenters. The van der Waals surface area contributed by atoms with Crippen LogP contribution in [0, 0.1) is 3.57 Å². The predicted octanol–water partition coefficient (Wildman–Crippen LogP) is 2.74. The number of ether oxygens (including phenoxy) is 1. The zero-order chi connectivity index (χ0) is 16.4. The second kappa shape index (κ2) is 6.49. The van der Waals surface area contributed by atoms with Gasteiger partial charge in [-0.3, -0.25) is 14.5 Å². The molecule has 3 rings (SSSR count). The van der Waals surface area contributed by atoms with Crippen molar-refractivity contribution in [1.29, 1.82) is 0 Å². The minimum Gasteiger partial charge on any atom is -0.460 e. The van der Waals surface area contributed by atoms with Crippen molar-refractivity contribution in [3.05, 3.63) is 68.8 Å². The van der Waals surface area contributed by atoms with Gasteiger partial charge >= 0.3 is 5.97 Å². The van der Waals surface area contributed by atoms with Crippen LogP contribution in [0.2, 0.25) is 0 Å². The molecule has 0 aliphatic carbocycles. The first-order valence-corrected chi connectivity index (χ1v) is 8.04. The molecule has 2 aromatic carbocycles. The number of benzene rings is 2. The summed E-state index contributed by atoms with van der Waals surface area (Å²) in [6.45, 7) is 0.0117. The monoisotopic (exact) mass is 421 g/mol. The minimum absolute atomic E-state index is 0.0320. The lowest BCUT2D eigenvalue weighted by Crippen LogP contribution is -2.33. The number of esters is 1. The van der Waals surface area contributed by atoms with Crippen LogP contribution in [-0.2, 0) is 4.74 Å². The van der Waals surface area contributed by atoms with Crippen LogP contribution in [0.4, 0.5) is 0 Å².